The predicted molar refractivity (Wildman–Crippen MR) is 80.4 cm³/mol. The van der Waals surface area contributed by atoms with Crippen molar-refractivity contribution in [1.82, 2.24) is 4.72 Å². The molecule has 0 bridgehead atoms. The smallest absolute Gasteiger partial charge is 0.241 e. The van der Waals surface area contributed by atoms with E-state index in [1.165, 1.54) is 27.2 Å². The van der Waals surface area contributed by atoms with Crippen molar-refractivity contribution in [3.63, 3.8) is 0 Å². The van der Waals surface area contributed by atoms with Crippen molar-refractivity contribution in [3.8, 4) is 11.5 Å². The molecule has 21 heavy (non-hydrogen) atoms. The molecule has 0 saturated carbocycles. The number of hydrogen-bond acceptors (Lipinski definition) is 5. The van der Waals surface area contributed by atoms with E-state index in [0.29, 0.717) is 17.1 Å². The molecule has 0 saturated heterocycles. The van der Waals surface area contributed by atoms with Crippen LogP contribution in [-0.2, 0) is 10.0 Å². The van der Waals surface area contributed by atoms with E-state index in [0.717, 1.165) is 0 Å². The zero-order valence-corrected chi connectivity index (χ0v) is 14.0. The molecule has 0 aromatic heterocycles. The Balaban J connectivity index is 3.32. The molecule has 1 atom stereocenters. The number of benzene rings is 1. The molecule has 0 aliphatic rings. The molecule has 0 radical (unpaired) electrons. The molecule has 0 heterocycles. The SMILES string of the molecule is COc1cc(C)c(S(=O)(=O)NC(C)(C)C(C)O)cc1OC. The van der Waals surface area contributed by atoms with Crippen LogP contribution in [0.15, 0.2) is 17.0 Å². The third-order valence-electron chi connectivity index (χ3n) is 3.41. The van der Waals surface area contributed by atoms with Gasteiger partial charge in [-0.2, -0.15) is 0 Å². The topological polar surface area (TPSA) is 84.9 Å². The lowest BCUT2D eigenvalue weighted by molar-refractivity contribution is 0.111. The Labute approximate surface area is 126 Å². The molecule has 1 aromatic carbocycles. The highest BCUT2D eigenvalue weighted by atomic mass is 32.2. The Hall–Kier alpha value is -1.31. The Morgan fingerprint density at radius 3 is 2.10 bits per heavy atom. The third kappa shape index (κ3) is 3.87. The van der Waals surface area contributed by atoms with E-state index < -0.39 is 21.7 Å². The molecule has 1 unspecified atom stereocenters. The minimum Gasteiger partial charge on any atom is -0.493 e. The molecular formula is C14H23NO5S. The van der Waals surface area contributed by atoms with Crippen molar-refractivity contribution in [2.24, 2.45) is 0 Å². The lowest BCUT2D eigenvalue weighted by Crippen LogP contribution is -2.50. The Morgan fingerprint density at radius 2 is 1.67 bits per heavy atom. The minimum atomic E-state index is -3.80. The molecule has 0 fully saturated rings. The monoisotopic (exact) mass is 317 g/mol. The first-order chi connectivity index (χ1) is 9.55. The van der Waals surface area contributed by atoms with Gasteiger partial charge in [-0.15, -0.1) is 0 Å². The van der Waals surface area contributed by atoms with Crippen LogP contribution >= 0.6 is 0 Å². The van der Waals surface area contributed by atoms with Crippen LogP contribution in [0.4, 0.5) is 0 Å². The van der Waals surface area contributed by atoms with Gasteiger partial charge in [-0.1, -0.05) is 0 Å². The van der Waals surface area contributed by atoms with Crippen molar-refractivity contribution in [1.29, 1.82) is 0 Å². The maximum atomic E-state index is 12.5. The fourth-order valence-corrected chi connectivity index (χ4v) is 3.46. The summed E-state index contributed by atoms with van der Waals surface area (Å²) in [5.74, 6) is 0.794. The van der Waals surface area contributed by atoms with E-state index in [9.17, 15) is 13.5 Å². The molecule has 1 aromatic rings. The van der Waals surface area contributed by atoms with E-state index in [2.05, 4.69) is 4.72 Å². The van der Waals surface area contributed by atoms with Crippen LogP contribution in [0, 0.1) is 6.92 Å². The number of hydrogen-bond donors (Lipinski definition) is 2. The average Bonchev–Trinajstić information content (AvgIpc) is 2.36. The van der Waals surface area contributed by atoms with Crippen molar-refractivity contribution in [2.75, 3.05) is 14.2 Å². The van der Waals surface area contributed by atoms with Crippen molar-refractivity contribution < 1.29 is 23.0 Å². The zero-order valence-electron chi connectivity index (χ0n) is 13.2. The fraction of sp³-hybridized carbons (Fsp3) is 0.571. The lowest BCUT2D eigenvalue weighted by atomic mass is 10.0. The third-order valence-corrected chi connectivity index (χ3v) is 5.23. The molecule has 2 N–H and O–H groups in total. The van der Waals surface area contributed by atoms with Crippen LogP contribution in [0.5, 0.6) is 11.5 Å². The van der Waals surface area contributed by atoms with E-state index >= 15 is 0 Å². The number of aliphatic hydroxyl groups is 1. The molecular weight excluding hydrogens is 294 g/mol. The van der Waals surface area contributed by atoms with Gasteiger partial charge in [-0.05, 0) is 39.3 Å². The Morgan fingerprint density at radius 1 is 1.19 bits per heavy atom. The van der Waals surface area contributed by atoms with Gasteiger partial charge >= 0.3 is 0 Å². The molecule has 0 aliphatic carbocycles. The summed E-state index contributed by atoms with van der Waals surface area (Å²) in [6.45, 7) is 6.44. The summed E-state index contributed by atoms with van der Waals surface area (Å²) in [7, 11) is -0.869. The zero-order chi connectivity index (χ0) is 16.4. The molecule has 7 heteroatoms. The Kier molecular flexibility index (Phi) is 5.25. The highest BCUT2D eigenvalue weighted by Crippen LogP contribution is 2.32. The van der Waals surface area contributed by atoms with Crippen molar-refractivity contribution >= 4 is 10.0 Å². The van der Waals surface area contributed by atoms with Crippen LogP contribution in [0.1, 0.15) is 26.3 Å². The van der Waals surface area contributed by atoms with Gasteiger partial charge in [0.05, 0.1) is 30.8 Å². The number of nitrogens with one attached hydrogen (secondary N) is 1. The van der Waals surface area contributed by atoms with Gasteiger partial charge in [0.25, 0.3) is 0 Å². The van der Waals surface area contributed by atoms with E-state index in [1.54, 1.807) is 26.8 Å². The average molecular weight is 317 g/mol. The quantitative estimate of drug-likeness (QED) is 0.829. The molecule has 120 valence electrons. The summed E-state index contributed by atoms with van der Waals surface area (Å²) in [6, 6.07) is 3.01. The fourth-order valence-electron chi connectivity index (χ4n) is 1.74. The summed E-state index contributed by atoms with van der Waals surface area (Å²) >= 11 is 0. The minimum absolute atomic E-state index is 0.0916. The molecule has 0 spiro atoms. The normalized spacial score (nSPS) is 13.9. The first-order valence-corrected chi connectivity index (χ1v) is 7.98. The summed E-state index contributed by atoms with van der Waals surface area (Å²) in [5.41, 5.74) is -0.458. The van der Waals surface area contributed by atoms with Gasteiger partial charge < -0.3 is 14.6 Å². The first-order valence-electron chi connectivity index (χ1n) is 6.50. The molecule has 0 amide bonds. The number of aryl methyl sites for hydroxylation is 1. The number of aliphatic hydroxyl groups excluding tert-OH is 1. The van der Waals surface area contributed by atoms with Crippen LogP contribution in [0.2, 0.25) is 0 Å². The van der Waals surface area contributed by atoms with Crippen LogP contribution in [-0.4, -0.2) is 39.4 Å². The highest BCUT2D eigenvalue weighted by molar-refractivity contribution is 7.89. The number of sulfonamides is 1. The summed E-state index contributed by atoms with van der Waals surface area (Å²) in [5, 5.41) is 9.67. The van der Waals surface area contributed by atoms with Crippen LogP contribution in [0.3, 0.4) is 0 Å². The molecule has 6 nitrogen and oxygen atoms in total. The second kappa shape index (κ2) is 6.21. The van der Waals surface area contributed by atoms with Gasteiger partial charge in [-0.3, -0.25) is 0 Å². The van der Waals surface area contributed by atoms with Gasteiger partial charge in [0.1, 0.15) is 0 Å². The maximum absolute atomic E-state index is 12.5. The second-order valence-electron chi connectivity index (χ2n) is 5.48. The van der Waals surface area contributed by atoms with Crippen LogP contribution in [0.25, 0.3) is 0 Å². The Bertz CT molecular complexity index is 608. The second-order valence-corrected chi connectivity index (χ2v) is 7.13. The summed E-state index contributed by atoms with van der Waals surface area (Å²) in [6.07, 6.45) is -0.840. The number of ether oxygens (including phenoxy) is 2. The first kappa shape index (κ1) is 17.7. The number of methoxy groups -OCH3 is 2. The predicted octanol–water partition coefficient (Wildman–Crippen LogP) is 1.45. The standard InChI is InChI=1S/C14H23NO5S/c1-9-7-11(19-5)12(20-6)8-13(9)21(17,18)15-14(3,4)10(2)16/h7-8,10,15-16H,1-6H3. The summed E-state index contributed by atoms with van der Waals surface area (Å²) in [4.78, 5) is 0.0916. The van der Waals surface area contributed by atoms with Gasteiger partial charge in [0.2, 0.25) is 10.0 Å². The molecule has 1 rings (SSSR count). The van der Waals surface area contributed by atoms with E-state index in [1.807, 2.05) is 0 Å². The van der Waals surface area contributed by atoms with Gasteiger partial charge in [0, 0.05) is 6.07 Å². The van der Waals surface area contributed by atoms with Gasteiger partial charge in [0.15, 0.2) is 11.5 Å². The lowest BCUT2D eigenvalue weighted by Gasteiger charge is -2.29. The van der Waals surface area contributed by atoms with E-state index in [-0.39, 0.29) is 4.90 Å². The van der Waals surface area contributed by atoms with Gasteiger partial charge in [-0.25, -0.2) is 13.1 Å². The molecule has 0 aliphatic heterocycles. The largest absolute Gasteiger partial charge is 0.493 e. The number of rotatable bonds is 6. The van der Waals surface area contributed by atoms with Crippen LogP contribution < -0.4 is 14.2 Å². The van der Waals surface area contributed by atoms with Crippen molar-refractivity contribution in [2.45, 2.75) is 44.2 Å². The summed E-state index contributed by atoms with van der Waals surface area (Å²) < 4.78 is 37.8. The maximum Gasteiger partial charge on any atom is 0.241 e. The highest BCUT2D eigenvalue weighted by Gasteiger charge is 2.31. The van der Waals surface area contributed by atoms with Crippen molar-refractivity contribution in [3.05, 3.63) is 17.7 Å². The van der Waals surface area contributed by atoms with E-state index in [4.69, 9.17) is 9.47 Å².